The fourth-order valence-corrected chi connectivity index (χ4v) is 2.22. The first-order valence-electron chi connectivity index (χ1n) is 6.60. The van der Waals surface area contributed by atoms with Crippen molar-refractivity contribution in [3.63, 3.8) is 0 Å². The van der Waals surface area contributed by atoms with Crippen molar-refractivity contribution in [1.82, 2.24) is 9.55 Å². The zero-order valence-corrected chi connectivity index (χ0v) is 11.6. The Morgan fingerprint density at radius 3 is 2.76 bits per heavy atom. The van der Waals surface area contributed by atoms with Gasteiger partial charge in [0.05, 0.1) is 6.61 Å². The van der Waals surface area contributed by atoms with Crippen LogP contribution >= 0.6 is 0 Å². The van der Waals surface area contributed by atoms with Crippen LogP contribution in [0.5, 0.6) is 0 Å². The molecule has 1 fully saturated rings. The van der Waals surface area contributed by atoms with E-state index in [0.29, 0.717) is 12.0 Å². The van der Waals surface area contributed by atoms with E-state index in [0.717, 1.165) is 4.57 Å². The lowest BCUT2D eigenvalue weighted by Gasteiger charge is -2.18. The van der Waals surface area contributed by atoms with Crippen molar-refractivity contribution in [2.24, 2.45) is 0 Å². The summed E-state index contributed by atoms with van der Waals surface area (Å²) >= 11 is 0. The molecule has 116 valence electrons. The summed E-state index contributed by atoms with van der Waals surface area (Å²) in [6.07, 6.45) is 0.940. The van der Waals surface area contributed by atoms with Crippen LogP contribution in [-0.4, -0.2) is 49.8 Å². The summed E-state index contributed by atoms with van der Waals surface area (Å²) in [6, 6.07) is 0. The van der Waals surface area contributed by atoms with Gasteiger partial charge in [0.15, 0.2) is 6.23 Å². The Balaban J connectivity index is 2.37. The Kier molecular flexibility index (Phi) is 4.73. The molecule has 0 aromatic carbocycles. The molecule has 8 heteroatoms. The average Bonchev–Trinajstić information content (AvgIpc) is 2.74. The SMILES string of the molecule is C/C=C/Cc1cn([C@@H]2O[C@H](CO)[C@@H](O)[C@@H]2O)c(=O)nc1N. The number of anilines is 1. The van der Waals surface area contributed by atoms with Crippen LogP contribution in [0.25, 0.3) is 0 Å². The lowest BCUT2D eigenvalue weighted by Crippen LogP contribution is -2.36. The summed E-state index contributed by atoms with van der Waals surface area (Å²) in [5.74, 6) is 0.112. The number of hydrogen-bond donors (Lipinski definition) is 4. The summed E-state index contributed by atoms with van der Waals surface area (Å²) in [5, 5.41) is 28.8. The van der Waals surface area contributed by atoms with Crippen molar-refractivity contribution in [2.45, 2.75) is 37.9 Å². The molecule has 0 radical (unpaired) electrons. The van der Waals surface area contributed by atoms with Gasteiger partial charge in [-0.05, 0) is 13.3 Å². The molecule has 0 spiro atoms. The van der Waals surface area contributed by atoms with Crippen LogP contribution in [0.15, 0.2) is 23.1 Å². The van der Waals surface area contributed by atoms with Crippen LogP contribution in [0.3, 0.4) is 0 Å². The van der Waals surface area contributed by atoms with Gasteiger partial charge in [-0.15, -0.1) is 0 Å². The molecule has 8 nitrogen and oxygen atoms in total. The highest BCUT2D eigenvalue weighted by molar-refractivity contribution is 5.38. The van der Waals surface area contributed by atoms with Gasteiger partial charge in [-0.3, -0.25) is 4.57 Å². The fraction of sp³-hybridized carbons (Fsp3) is 0.538. The van der Waals surface area contributed by atoms with Gasteiger partial charge in [-0.1, -0.05) is 12.2 Å². The van der Waals surface area contributed by atoms with E-state index < -0.39 is 36.8 Å². The average molecular weight is 297 g/mol. The van der Waals surface area contributed by atoms with E-state index in [9.17, 15) is 15.0 Å². The predicted molar refractivity (Wildman–Crippen MR) is 74.4 cm³/mol. The van der Waals surface area contributed by atoms with E-state index in [1.807, 2.05) is 19.1 Å². The molecule has 4 atom stereocenters. The second-order valence-electron chi connectivity index (χ2n) is 4.84. The smallest absolute Gasteiger partial charge is 0.351 e. The Bertz CT molecular complexity index is 586. The number of aliphatic hydroxyl groups is 3. The fourth-order valence-electron chi connectivity index (χ4n) is 2.22. The summed E-state index contributed by atoms with van der Waals surface area (Å²) in [5.41, 5.74) is 5.61. The number of nitrogens with zero attached hydrogens (tertiary/aromatic N) is 2. The number of hydrogen-bond acceptors (Lipinski definition) is 7. The number of allylic oxidation sites excluding steroid dienone is 2. The number of aliphatic hydroxyl groups excluding tert-OH is 3. The molecular formula is C13H19N3O5. The maximum Gasteiger partial charge on any atom is 0.351 e. The lowest BCUT2D eigenvalue weighted by molar-refractivity contribution is -0.0550. The van der Waals surface area contributed by atoms with E-state index in [1.165, 1.54) is 6.20 Å². The molecule has 0 amide bonds. The molecule has 2 rings (SSSR count). The molecule has 1 aliphatic heterocycles. The van der Waals surface area contributed by atoms with Crippen LogP contribution in [0.1, 0.15) is 18.7 Å². The first-order valence-corrected chi connectivity index (χ1v) is 6.60. The van der Waals surface area contributed by atoms with Gasteiger partial charge in [0, 0.05) is 11.8 Å². The highest BCUT2D eigenvalue weighted by Crippen LogP contribution is 2.28. The van der Waals surface area contributed by atoms with E-state index in [1.54, 1.807) is 0 Å². The summed E-state index contributed by atoms with van der Waals surface area (Å²) in [6.45, 7) is 1.39. The largest absolute Gasteiger partial charge is 0.394 e. The Labute approximate surface area is 121 Å². The molecule has 1 saturated heterocycles. The highest BCUT2D eigenvalue weighted by Gasteiger charge is 2.43. The van der Waals surface area contributed by atoms with E-state index in [4.69, 9.17) is 15.6 Å². The number of nitrogens with two attached hydrogens (primary N) is 1. The van der Waals surface area contributed by atoms with Crippen LogP contribution in [0.4, 0.5) is 5.82 Å². The van der Waals surface area contributed by atoms with Gasteiger partial charge in [0.25, 0.3) is 0 Å². The molecule has 5 N–H and O–H groups in total. The van der Waals surface area contributed by atoms with Crippen molar-refractivity contribution < 1.29 is 20.1 Å². The van der Waals surface area contributed by atoms with Gasteiger partial charge in [-0.2, -0.15) is 4.98 Å². The highest BCUT2D eigenvalue weighted by atomic mass is 16.6. The third kappa shape index (κ3) is 2.98. The third-order valence-electron chi connectivity index (χ3n) is 3.43. The van der Waals surface area contributed by atoms with Crippen LogP contribution in [-0.2, 0) is 11.2 Å². The first-order chi connectivity index (χ1) is 9.99. The van der Waals surface area contributed by atoms with Gasteiger partial charge < -0.3 is 25.8 Å². The van der Waals surface area contributed by atoms with Crippen molar-refractivity contribution in [3.05, 3.63) is 34.4 Å². The number of ether oxygens (including phenoxy) is 1. The number of aromatic nitrogens is 2. The van der Waals surface area contributed by atoms with E-state index in [2.05, 4.69) is 4.98 Å². The predicted octanol–water partition coefficient (Wildman–Crippen LogP) is -1.44. The lowest BCUT2D eigenvalue weighted by atomic mass is 10.1. The zero-order valence-electron chi connectivity index (χ0n) is 11.6. The minimum absolute atomic E-state index is 0.112. The number of nitrogen functional groups attached to an aromatic ring is 1. The molecular weight excluding hydrogens is 278 g/mol. The van der Waals surface area contributed by atoms with Crippen molar-refractivity contribution in [1.29, 1.82) is 0 Å². The Morgan fingerprint density at radius 2 is 2.19 bits per heavy atom. The maximum absolute atomic E-state index is 11.9. The molecule has 0 aliphatic carbocycles. The van der Waals surface area contributed by atoms with Gasteiger partial charge in [0.1, 0.15) is 24.1 Å². The van der Waals surface area contributed by atoms with Crippen LogP contribution in [0.2, 0.25) is 0 Å². The molecule has 0 bridgehead atoms. The second kappa shape index (κ2) is 6.35. The van der Waals surface area contributed by atoms with Crippen molar-refractivity contribution >= 4 is 5.82 Å². The van der Waals surface area contributed by atoms with Gasteiger partial charge in [0.2, 0.25) is 0 Å². The molecule has 1 aromatic rings. The molecule has 21 heavy (non-hydrogen) atoms. The van der Waals surface area contributed by atoms with Gasteiger partial charge >= 0.3 is 5.69 Å². The third-order valence-corrected chi connectivity index (χ3v) is 3.43. The second-order valence-corrected chi connectivity index (χ2v) is 4.84. The summed E-state index contributed by atoms with van der Waals surface area (Å²) < 4.78 is 6.40. The number of rotatable bonds is 4. The van der Waals surface area contributed by atoms with E-state index in [-0.39, 0.29) is 5.82 Å². The maximum atomic E-state index is 11.9. The minimum atomic E-state index is -1.33. The quantitative estimate of drug-likeness (QED) is 0.500. The summed E-state index contributed by atoms with van der Waals surface area (Å²) in [4.78, 5) is 15.6. The standard InChI is InChI=1S/C13H19N3O5/c1-2-3-4-7-5-16(13(20)15-11(7)14)12-10(19)9(18)8(6-17)21-12/h2-3,5,8-10,12,17-19H,4,6H2,1H3,(H2,14,15,20)/b3-2+/t8-,9-,10+,12-/m1/s1. The van der Waals surface area contributed by atoms with Crippen molar-refractivity contribution in [2.75, 3.05) is 12.3 Å². The molecule has 1 aromatic heterocycles. The molecule has 1 aliphatic rings. The topological polar surface area (TPSA) is 131 Å². The first kappa shape index (κ1) is 15.6. The van der Waals surface area contributed by atoms with E-state index >= 15 is 0 Å². The summed E-state index contributed by atoms with van der Waals surface area (Å²) in [7, 11) is 0. The minimum Gasteiger partial charge on any atom is -0.394 e. The molecule has 2 heterocycles. The van der Waals surface area contributed by atoms with Crippen LogP contribution < -0.4 is 11.4 Å². The monoisotopic (exact) mass is 297 g/mol. The van der Waals surface area contributed by atoms with Crippen LogP contribution in [0, 0.1) is 0 Å². The Morgan fingerprint density at radius 1 is 1.48 bits per heavy atom. The zero-order chi connectivity index (χ0) is 15.6. The van der Waals surface area contributed by atoms with Crippen molar-refractivity contribution in [3.8, 4) is 0 Å². The molecule has 0 unspecified atom stereocenters. The Hall–Kier alpha value is -1.74. The molecule has 0 saturated carbocycles. The van der Waals surface area contributed by atoms with Gasteiger partial charge in [-0.25, -0.2) is 4.79 Å². The normalized spacial score (nSPS) is 29.3.